The molecule has 1 amide bonds. The van der Waals surface area contributed by atoms with Gasteiger partial charge in [-0.3, -0.25) is 4.79 Å². The Morgan fingerprint density at radius 2 is 1.96 bits per heavy atom. The molecule has 0 aromatic heterocycles. The molecular weight excluding hydrogens is 352 g/mol. The van der Waals surface area contributed by atoms with E-state index in [1.54, 1.807) is 6.92 Å². The lowest BCUT2D eigenvalue weighted by molar-refractivity contribution is -0.135. The molecule has 2 aliphatic rings. The maximum Gasteiger partial charge on any atom is 0.248 e. The van der Waals surface area contributed by atoms with Gasteiger partial charge in [0.25, 0.3) is 0 Å². The van der Waals surface area contributed by atoms with Crippen LogP contribution in [0.4, 0.5) is 8.78 Å². The summed E-state index contributed by atoms with van der Waals surface area (Å²) in [5.74, 6) is -1.33. The van der Waals surface area contributed by atoms with Crippen LogP contribution in [0.15, 0.2) is 18.2 Å². The molecule has 1 saturated carbocycles. The summed E-state index contributed by atoms with van der Waals surface area (Å²) < 4.78 is 40.0. The summed E-state index contributed by atoms with van der Waals surface area (Å²) in [6, 6.07) is 3.95. The highest BCUT2D eigenvalue weighted by molar-refractivity contribution is 5.80. The van der Waals surface area contributed by atoms with Crippen molar-refractivity contribution in [3.05, 3.63) is 35.4 Å². The highest BCUT2D eigenvalue weighted by Gasteiger charge is 2.40. The first-order chi connectivity index (χ1) is 13.0. The third kappa shape index (κ3) is 4.85. The lowest BCUT2D eigenvalue weighted by atomic mass is 9.78. The summed E-state index contributed by atoms with van der Waals surface area (Å²) in [6.07, 6.45) is 5.68. The largest absolute Gasteiger partial charge is 0.376 e. The lowest BCUT2D eigenvalue weighted by Crippen LogP contribution is -2.44. The average molecular weight is 381 g/mol. The minimum absolute atomic E-state index is 0.0442. The molecule has 2 unspecified atom stereocenters. The van der Waals surface area contributed by atoms with Gasteiger partial charge in [-0.15, -0.1) is 0 Å². The summed E-state index contributed by atoms with van der Waals surface area (Å²) in [5, 5.41) is 2.87. The molecule has 2 fully saturated rings. The van der Waals surface area contributed by atoms with Gasteiger partial charge in [0.1, 0.15) is 17.7 Å². The van der Waals surface area contributed by atoms with Crippen molar-refractivity contribution >= 4 is 5.91 Å². The van der Waals surface area contributed by atoms with E-state index in [-0.39, 0.29) is 24.1 Å². The molecule has 1 saturated heterocycles. The Bertz CT molecular complexity index is 620. The van der Waals surface area contributed by atoms with Gasteiger partial charge in [0.05, 0.1) is 12.7 Å². The van der Waals surface area contributed by atoms with Crippen molar-refractivity contribution in [2.75, 3.05) is 19.8 Å². The van der Waals surface area contributed by atoms with Crippen molar-refractivity contribution in [1.29, 1.82) is 0 Å². The normalized spacial score (nSPS) is 23.1. The summed E-state index contributed by atoms with van der Waals surface area (Å²) in [5.41, 5.74) is -0.580. The molecular formula is C21H29F2NO3. The number of hydrogen-bond acceptors (Lipinski definition) is 3. The first-order valence-corrected chi connectivity index (χ1v) is 9.97. The van der Waals surface area contributed by atoms with E-state index < -0.39 is 23.2 Å². The smallest absolute Gasteiger partial charge is 0.248 e. The number of halogens is 2. The third-order valence-corrected chi connectivity index (χ3v) is 5.83. The van der Waals surface area contributed by atoms with Gasteiger partial charge < -0.3 is 14.8 Å². The molecule has 1 aromatic rings. The Hall–Kier alpha value is -1.53. The second-order valence-corrected chi connectivity index (χ2v) is 7.77. The van der Waals surface area contributed by atoms with E-state index in [1.165, 1.54) is 18.2 Å². The van der Waals surface area contributed by atoms with E-state index in [0.717, 1.165) is 38.7 Å². The van der Waals surface area contributed by atoms with Crippen LogP contribution < -0.4 is 5.32 Å². The zero-order valence-electron chi connectivity index (χ0n) is 15.9. The number of ether oxygens (including phenoxy) is 2. The van der Waals surface area contributed by atoms with Crippen LogP contribution in [0.1, 0.15) is 57.4 Å². The Balaban J connectivity index is 1.58. The SMILES string of the molecule is CC(OCC1CCCCO1)C(=O)NCC1(c2c(F)cccc2F)CCCC1. The van der Waals surface area contributed by atoms with Crippen LogP contribution in [0.2, 0.25) is 0 Å². The Morgan fingerprint density at radius 3 is 2.59 bits per heavy atom. The molecule has 6 heteroatoms. The highest BCUT2D eigenvalue weighted by Crippen LogP contribution is 2.42. The molecule has 0 spiro atoms. The number of carbonyl (C=O) groups is 1. The summed E-state index contributed by atoms with van der Waals surface area (Å²) in [4.78, 5) is 12.5. The van der Waals surface area contributed by atoms with Crippen LogP contribution in [-0.2, 0) is 19.7 Å². The van der Waals surface area contributed by atoms with Crippen LogP contribution in [0.5, 0.6) is 0 Å². The van der Waals surface area contributed by atoms with Gasteiger partial charge in [0.15, 0.2) is 0 Å². The van der Waals surface area contributed by atoms with Gasteiger partial charge in [-0.2, -0.15) is 0 Å². The Kier molecular flexibility index (Phi) is 6.82. The van der Waals surface area contributed by atoms with Crippen LogP contribution in [0.3, 0.4) is 0 Å². The molecule has 1 heterocycles. The minimum atomic E-state index is -0.683. The Morgan fingerprint density at radius 1 is 1.26 bits per heavy atom. The number of carbonyl (C=O) groups excluding carboxylic acids is 1. The highest BCUT2D eigenvalue weighted by atomic mass is 19.1. The van der Waals surface area contributed by atoms with E-state index >= 15 is 0 Å². The van der Waals surface area contributed by atoms with Crippen molar-refractivity contribution in [2.45, 2.75) is 69.5 Å². The first-order valence-electron chi connectivity index (χ1n) is 9.97. The van der Waals surface area contributed by atoms with Crippen molar-refractivity contribution in [2.24, 2.45) is 0 Å². The van der Waals surface area contributed by atoms with Crippen molar-refractivity contribution in [3.63, 3.8) is 0 Å². The standard InChI is InChI=1S/C21H29F2NO3/c1-15(27-13-16-7-2-5-12-26-16)20(25)24-14-21(10-3-4-11-21)19-17(22)8-6-9-18(19)23/h6,8-9,15-16H,2-5,7,10-14H2,1H3,(H,24,25). The molecule has 1 aromatic carbocycles. The number of hydrogen-bond donors (Lipinski definition) is 1. The molecule has 2 atom stereocenters. The van der Waals surface area contributed by atoms with E-state index in [2.05, 4.69) is 5.32 Å². The maximum absolute atomic E-state index is 14.4. The van der Waals surface area contributed by atoms with E-state index in [4.69, 9.17) is 9.47 Å². The third-order valence-electron chi connectivity index (χ3n) is 5.83. The second kappa shape index (κ2) is 9.11. The fraction of sp³-hybridized carbons (Fsp3) is 0.667. The van der Waals surface area contributed by atoms with Gasteiger partial charge in [-0.05, 0) is 51.2 Å². The summed E-state index contributed by atoms with van der Waals surface area (Å²) in [6.45, 7) is 3.05. The van der Waals surface area contributed by atoms with Crippen LogP contribution in [0.25, 0.3) is 0 Å². The molecule has 27 heavy (non-hydrogen) atoms. The van der Waals surface area contributed by atoms with Gasteiger partial charge in [-0.1, -0.05) is 18.9 Å². The van der Waals surface area contributed by atoms with Gasteiger partial charge >= 0.3 is 0 Å². The van der Waals surface area contributed by atoms with Crippen molar-refractivity contribution < 1.29 is 23.0 Å². The Labute approximate surface area is 159 Å². The fourth-order valence-corrected chi connectivity index (χ4v) is 4.24. The van der Waals surface area contributed by atoms with Crippen LogP contribution >= 0.6 is 0 Å². The number of nitrogens with one attached hydrogen (secondary N) is 1. The lowest BCUT2D eigenvalue weighted by Gasteiger charge is -2.31. The quantitative estimate of drug-likeness (QED) is 0.780. The minimum Gasteiger partial charge on any atom is -0.376 e. The summed E-state index contributed by atoms with van der Waals surface area (Å²) in [7, 11) is 0. The van der Waals surface area contributed by atoms with Crippen molar-refractivity contribution in [1.82, 2.24) is 5.32 Å². The molecule has 1 aliphatic carbocycles. The molecule has 150 valence electrons. The maximum atomic E-state index is 14.4. The van der Waals surface area contributed by atoms with E-state index in [0.29, 0.717) is 19.4 Å². The zero-order valence-corrected chi connectivity index (χ0v) is 15.9. The molecule has 0 bridgehead atoms. The molecule has 1 aliphatic heterocycles. The summed E-state index contributed by atoms with van der Waals surface area (Å²) >= 11 is 0. The van der Waals surface area contributed by atoms with Gasteiger partial charge in [0.2, 0.25) is 5.91 Å². The zero-order chi connectivity index (χ0) is 19.3. The predicted molar refractivity (Wildman–Crippen MR) is 98.5 cm³/mol. The predicted octanol–water partition coefficient (Wildman–Crippen LogP) is 3.87. The molecule has 3 rings (SSSR count). The second-order valence-electron chi connectivity index (χ2n) is 7.77. The number of rotatable bonds is 7. The van der Waals surface area contributed by atoms with Crippen molar-refractivity contribution in [3.8, 4) is 0 Å². The van der Waals surface area contributed by atoms with E-state index in [1.807, 2.05) is 0 Å². The topological polar surface area (TPSA) is 47.6 Å². The van der Waals surface area contributed by atoms with Gasteiger partial charge in [0, 0.05) is 24.1 Å². The first kappa shape index (κ1) is 20.2. The number of benzene rings is 1. The van der Waals surface area contributed by atoms with E-state index in [9.17, 15) is 13.6 Å². The van der Waals surface area contributed by atoms with Crippen LogP contribution in [0, 0.1) is 11.6 Å². The van der Waals surface area contributed by atoms with Crippen LogP contribution in [-0.4, -0.2) is 37.9 Å². The fourth-order valence-electron chi connectivity index (χ4n) is 4.24. The average Bonchev–Trinajstić information content (AvgIpc) is 3.14. The van der Waals surface area contributed by atoms with Gasteiger partial charge in [-0.25, -0.2) is 8.78 Å². The molecule has 0 radical (unpaired) electrons. The molecule has 4 nitrogen and oxygen atoms in total. The number of amides is 1. The monoisotopic (exact) mass is 381 g/mol. The molecule has 1 N–H and O–H groups in total.